The summed E-state index contributed by atoms with van der Waals surface area (Å²) in [5, 5.41) is 26.2. The maximum atomic E-state index is 12.8. The minimum atomic E-state index is -0.895. The molecule has 2 aromatic carbocycles. The van der Waals surface area contributed by atoms with E-state index in [4.69, 9.17) is 23.2 Å². The van der Waals surface area contributed by atoms with Crippen molar-refractivity contribution in [3.8, 4) is 5.75 Å². The summed E-state index contributed by atoms with van der Waals surface area (Å²) < 4.78 is 0.755. The molecule has 32 heavy (non-hydrogen) atoms. The summed E-state index contributed by atoms with van der Waals surface area (Å²) in [5.74, 6) is 0.126. The van der Waals surface area contributed by atoms with Crippen LogP contribution in [-0.4, -0.2) is 59.4 Å². The van der Waals surface area contributed by atoms with Gasteiger partial charge in [0.1, 0.15) is 17.9 Å². The Morgan fingerprint density at radius 3 is 2.66 bits per heavy atom. The van der Waals surface area contributed by atoms with E-state index < -0.39 is 11.0 Å². The van der Waals surface area contributed by atoms with Crippen LogP contribution < -0.4 is 5.32 Å². The highest BCUT2D eigenvalue weighted by Crippen LogP contribution is 2.52. The number of carbonyl (C=O) groups excluding carboxylic acids is 1. The maximum Gasteiger partial charge on any atom is 0.224 e. The van der Waals surface area contributed by atoms with Gasteiger partial charge >= 0.3 is 0 Å². The fourth-order valence-corrected chi connectivity index (χ4v) is 6.10. The van der Waals surface area contributed by atoms with Crippen LogP contribution in [-0.2, 0) is 16.6 Å². The number of nitrogens with one attached hydrogen (secondary N) is 1. The van der Waals surface area contributed by atoms with Crippen LogP contribution in [0.25, 0.3) is 0 Å². The molecule has 1 aliphatic heterocycles. The molecule has 1 amide bonds. The van der Waals surface area contributed by atoms with E-state index in [0.717, 1.165) is 28.6 Å². The van der Waals surface area contributed by atoms with Gasteiger partial charge in [-0.3, -0.25) is 4.79 Å². The normalized spacial score (nSPS) is 29.2. The number of hydrogen-bond donors (Lipinski definition) is 3. The molecule has 172 valence electrons. The first-order valence-corrected chi connectivity index (χ1v) is 11.8. The van der Waals surface area contributed by atoms with E-state index in [2.05, 4.69) is 19.4 Å². The number of hydrogen-bond acceptors (Lipinski definition) is 3. The zero-order valence-electron chi connectivity index (χ0n) is 18.6. The number of piperidine rings is 1. The number of nitrogens with zero attached hydrogens (tertiary/aromatic N) is 1. The minimum Gasteiger partial charge on any atom is -0.508 e. The van der Waals surface area contributed by atoms with Crippen LogP contribution in [0.5, 0.6) is 5.75 Å². The largest absolute Gasteiger partial charge is 0.508 e. The van der Waals surface area contributed by atoms with Gasteiger partial charge in [0.25, 0.3) is 0 Å². The van der Waals surface area contributed by atoms with E-state index in [-0.39, 0.29) is 24.1 Å². The second-order valence-corrected chi connectivity index (χ2v) is 11.0. The van der Waals surface area contributed by atoms with E-state index in [1.54, 1.807) is 24.3 Å². The number of phenolic OH excluding ortho intramolecular Hbond substituents is 1. The molecule has 0 unspecified atom stereocenters. The molecule has 5 nitrogen and oxygen atoms in total. The van der Waals surface area contributed by atoms with Crippen molar-refractivity contribution in [2.75, 3.05) is 27.2 Å². The standard InChI is InChI=1S/C25H30Cl2N2O3/c1-29(2)11-10-24(18-4-3-5-20(30)14-18)15-19(8-9-25(24,32)16-29)28-23(31)13-17-6-7-21(26)22(27)12-17/h3-7,12,14,19,32H,8-11,13,15-16H2,1-2H3,(H-,28,30,31)/p+1/t19-,24+,25+/m1/s1. The molecule has 2 aromatic rings. The van der Waals surface area contributed by atoms with Crippen molar-refractivity contribution >= 4 is 29.1 Å². The van der Waals surface area contributed by atoms with Crippen molar-refractivity contribution in [3.63, 3.8) is 0 Å². The molecule has 2 aliphatic rings. The van der Waals surface area contributed by atoms with Crippen molar-refractivity contribution in [1.29, 1.82) is 0 Å². The van der Waals surface area contributed by atoms with Crippen molar-refractivity contribution in [1.82, 2.24) is 5.32 Å². The van der Waals surface area contributed by atoms with E-state index in [1.807, 2.05) is 18.2 Å². The number of carbonyl (C=O) groups is 1. The molecule has 0 bridgehead atoms. The molecule has 0 radical (unpaired) electrons. The molecule has 3 N–H and O–H groups in total. The first-order chi connectivity index (χ1) is 15.0. The van der Waals surface area contributed by atoms with Crippen molar-refractivity contribution in [2.45, 2.75) is 49.2 Å². The number of quaternary nitrogens is 1. The lowest BCUT2D eigenvalue weighted by Gasteiger charge is -2.58. The third-order valence-electron chi connectivity index (χ3n) is 7.34. The molecule has 1 heterocycles. The molecule has 1 saturated carbocycles. The van der Waals surface area contributed by atoms with Gasteiger partial charge in [-0.1, -0.05) is 41.4 Å². The minimum absolute atomic E-state index is 0.0541. The number of aliphatic hydroxyl groups is 1. The molecule has 0 spiro atoms. The fraction of sp³-hybridized carbons (Fsp3) is 0.480. The Balaban J connectivity index is 1.57. The Hall–Kier alpha value is -1.79. The Bertz CT molecular complexity index is 1030. The predicted molar refractivity (Wildman–Crippen MR) is 127 cm³/mol. The van der Waals surface area contributed by atoms with E-state index >= 15 is 0 Å². The number of likely N-dealkylation sites (N-methyl/N-ethyl adjacent to an activating group) is 1. The summed E-state index contributed by atoms with van der Waals surface area (Å²) in [7, 11) is 4.30. The zero-order valence-corrected chi connectivity index (χ0v) is 20.1. The number of likely N-dealkylation sites (tertiary alicyclic amines) is 1. The fourth-order valence-electron chi connectivity index (χ4n) is 5.78. The number of aromatic hydroxyl groups is 1. The number of halogens is 2. The van der Waals surface area contributed by atoms with Crippen molar-refractivity contribution in [3.05, 3.63) is 63.6 Å². The van der Waals surface area contributed by atoms with Gasteiger partial charge in [0, 0.05) is 17.9 Å². The summed E-state index contributed by atoms with van der Waals surface area (Å²) >= 11 is 12.1. The summed E-state index contributed by atoms with van der Waals surface area (Å²) in [6, 6.07) is 12.4. The van der Waals surface area contributed by atoms with Gasteiger partial charge in [-0.25, -0.2) is 0 Å². The molecule has 0 aromatic heterocycles. The van der Waals surface area contributed by atoms with Gasteiger partial charge < -0.3 is 20.0 Å². The lowest BCUT2D eigenvalue weighted by Crippen LogP contribution is -2.70. The molecular weight excluding hydrogens is 447 g/mol. The smallest absolute Gasteiger partial charge is 0.224 e. The number of amides is 1. The molecule has 1 saturated heterocycles. The molecule has 4 rings (SSSR count). The first-order valence-electron chi connectivity index (χ1n) is 11.1. The highest BCUT2D eigenvalue weighted by atomic mass is 35.5. The Kier molecular flexibility index (Phi) is 6.23. The lowest BCUT2D eigenvalue weighted by molar-refractivity contribution is -0.905. The van der Waals surface area contributed by atoms with Crippen LogP contribution in [0.15, 0.2) is 42.5 Å². The SMILES string of the molecule is C[N+]1(C)CC[C@@]2(c3cccc(O)c3)C[C@H](NC(=O)Cc3ccc(Cl)c(Cl)c3)CC[C@]2(O)C1. The molecule has 2 fully saturated rings. The molecule has 1 aliphatic carbocycles. The number of phenols is 1. The van der Waals surface area contributed by atoms with E-state index in [0.29, 0.717) is 35.9 Å². The zero-order chi connectivity index (χ0) is 23.1. The van der Waals surface area contributed by atoms with Crippen LogP contribution >= 0.6 is 23.2 Å². The molecule has 7 heteroatoms. The Morgan fingerprint density at radius 1 is 1.16 bits per heavy atom. The predicted octanol–water partition coefficient (Wildman–Crippen LogP) is 4.06. The average molecular weight is 478 g/mol. The van der Waals surface area contributed by atoms with E-state index in [9.17, 15) is 15.0 Å². The summed E-state index contributed by atoms with van der Waals surface area (Å²) in [6.45, 7) is 1.56. The van der Waals surface area contributed by atoms with Gasteiger partial charge in [-0.15, -0.1) is 0 Å². The highest BCUT2D eigenvalue weighted by Gasteiger charge is 2.60. The first kappa shape index (κ1) is 23.4. The van der Waals surface area contributed by atoms with Crippen LogP contribution in [0.2, 0.25) is 10.0 Å². The second-order valence-electron chi connectivity index (χ2n) is 10.2. The lowest BCUT2D eigenvalue weighted by atomic mass is 9.55. The third kappa shape index (κ3) is 4.49. The monoisotopic (exact) mass is 477 g/mol. The number of benzene rings is 2. The average Bonchev–Trinajstić information content (AvgIpc) is 2.70. The van der Waals surface area contributed by atoms with Gasteiger partial charge in [-0.2, -0.15) is 0 Å². The van der Waals surface area contributed by atoms with Gasteiger partial charge in [-0.05, 0) is 54.7 Å². The quantitative estimate of drug-likeness (QED) is 0.581. The molecular formula is C25H31Cl2N2O3+. The highest BCUT2D eigenvalue weighted by molar-refractivity contribution is 6.42. The Morgan fingerprint density at radius 2 is 1.94 bits per heavy atom. The van der Waals surface area contributed by atoms with E-state index in [1.165, 1.54) is 0 Å². The Labute approximate surface area is 199 Å². The maximum absolute atomic E-state index is 12.8. The van der Waals surface area contributed by atoms with Gasteiger partial charge in [0.05, 0.1) is 37.1 Å². The number of fused-ring (bicyclic) bond motifs is 1. The van der Waals surface area contributed by atoms with Gasteiger partial charge in [0.2, 0.25) is 5.91 Å². The summed E-state index contributed by atoms with van der Waals surface area (Å²) in [4.78, 5) is 12.8. The van der Waals surface area contributed by atoms with Gasteiger partial charge in [0.15, 0.2) is 0 Å². The number of rotatable bonds is 4. The summed E-state index contributed by atoms with van der Waals surface area (Å²) in [6.07, 6.45) is 2.96. The van der Waals surface area contributed by atoms with Crippen LogP contribution in [0.3, 0.4) is 0 Å². The van der Waals surface area contributed by atoms with Crippen molar-refractivity contribution < 1.29 is 19.5 Å². The van der Waals surface area contributed by atoms with Crippen molar-refractivity contribution in [2.24, 2.45) is 0 Å². The third-order valence-corrected chi connectivity index (χ3v) is 8.08. The van der Waals surface area contributed by atoms with Crippen LogP contribution in [0.1, 0.15) is 36.8 Å². The molecule has 3 atom stereocenters. The second kappa shape index (κ2) is 8.53. The topological polar surface area (TPSA) is 69.6 Å². The summed E-state index contributed by atoms with van der Waals surface area (Å²) in [5.41, 5.74) is 0.346. The van der Waals surface area contributed by atoms with Crippen LogP contribution in [0, 0.1) is 0 Å². The van der Waals surface area contributed by atoms with Crippen LogP contribution in [0.4, 0.5) is 0 Å².